The van der Waals surface area contributed by atoms with Crippen LogP contribution in [0.3, 0.4) is 0 Å². The van der Waals surface area contributed by atoms with Crippen LogP contribution in [0.25, 0.3) is 0 Å². The van der Waals surface area contributed by atoms with E-state index in [-0.39, 0.29) is 17.1 Å². The molecule has 2 aromatic carbocycles. The summed E-state index contributed by atoms with van der Waals surface area (Å²) in [5.74, 6) is -0.171. The molecule has 0 spiro atoms. The fourth-order valence-corrected chi connectivity index (χ4v) is 4.18. The third kappa shape index (κ3) is 3.76. The standard InChI is InChI=1S/C17H17ClO3S/c1-12-3-9-16(10-4-12)22(20,21)17(11-13(2)19)14-5-7-15(18)8-6-14/h3-10,17H,11H2,1-2H3. The van der Waals surface area contributed by atoms with Gasteiger partial charge in [-0.3, -0.25) is 4.79 Å². The van der Waals surface area contributed by atoms with Gasteiger partial charge in [-0.25, -0.2) is 8.42 Å². The first-order valence-corrected chi connectivity index (χ1v) is 8.78. The van der Waals surface area contributed by atoms with Gasteiger partial charge in [0.2, 0.25) is 0 Å². The fraction of sp³-hybridized carbons (Fsp3) is 0.235. The van der Waals surface area contributed by atoms with Crippen molar-refractivity contribution in [3.05, 3.63) is 64.7 Å². The molecule has 22 heavy (non-hydrogen) atoms. The van der Waals surface area contributed by atoms with Gasteiger partial charge in [0.15, 0.2) is 9.84 Å². The van der Waals surface area contributed by atoms with Crippen molar-refractivity contribution in [3.8, 4) is 0 Å². The van der Waals surface area contributed by atoms with Crippen molar-refractivity contribution in [2.75, 3.05) is 0 Å². The minimum atomic E-state index is -3.64. The summed E-state index contributed by atoms with van der Waals surface area (Å²) in [7, 11) is -3.64. The quantitative estimate of drug-likeness (QED) is 0.824. The Balaban J connectivity index is 2.50. The Labute approximate surface area is 135 Å². The van der Waals surface area contributed by atoms with E-state index in [1.165, 1.54) is 6.92 Å². The van der Waals surface area contributed by atoms with E-state index in [1.54, 1.807) is 48.5 Å². The summed E-state index contributed by atoms with van der Waals surface area (Å²) in [5, 5.41) is -0.372. The van der Waals surface area contributed by atoms with Crippen LogP contribution >= 0.6 is 11.6 Å². The summed E-state index contributed by atoms with van der Waals surface area (Å²) in [6.45, 7) is 3.29. The van der Waals surface area contributed by atoms with Gasteiger partial charge in [0.25, 0.3) is 0 Å². The first-order chi connectivity index (χ1) is 10.3. The summed E-state index contributed by atoms with van der Waals surface area (Å²) in [6.07, 6.45) is -0.0577. The van der Waals surface area contributed by atoms with Gasteiger partial charge in [0.1, 0.15) is 5.78 Å². The van der Waals surface area contributed by atoms with Gasteiger partial charge in [-0.2, -0.15) is 0 Å². The number of carbonyl (C=O) groups is 1. The monoisotopic (exact) mass is 336 g/mol. The summed E-state index contributed by atoms with van der Waals surface area (Å²) >= 11 is 5.85. The van der Waals surface area contributed by atoms with E-state index < -0.39 is 15.1 Å². The van der Waals surface area contributed by atoms with Gasteiger partial charge in [0, 0.05) is 11.4 Å². The Hall–Kier alpha value is -1.65. The van der Waals surface area contributed by atoms with E-state index >= 15 is 0 Å². The molecular weight excluding hydrogens is 320 g/mol. The third-order valence-electron chi connectivity index (χ3n) is 3.44. The highest BCUT2D eigenvalue weighted by atomic mass is 35.5. The Morgan fingerprint density at radius 3 is 2.09 bits per heavy atom. The second kappa shape index (κ2) is 6.63. The second-order valence-electron chi connectivity index (χ2n) is 5.30. The van der Waals surface area contributed by atoms with Gasteiger partial charge in [-0.05, 0) is 43.7 Å². The molecule has 5 heteroatoms. The summed E-state index contributed by atoms with van der Waals surface area (Å²) in [4.78, 5) is 11.8. The second-order valence-corrected chi connectivity index (χ2v) is 7.87. The van der Waals surface area contributed by atoms with Crippen LogP contribution in [0.5, 0.6) is 0 Å². The lowest BCUT2D eigenvalue weighted by Crippen LogP contribution is -2.16. The maximum atomic E-state index is 12.9. The van der Waals surface area contributed by atoms with Crippen molar-refractivity contribution in [1.29, 1.82) is 0 Å². The van der Waals surface area contributed by atoms with Crippen LogP contribution in [0.4, 0.5) is 0 Å². The van der Waals surface area contributed by atoms with Crippen molar-refractivity contribution in [3.63, 3.8) is 0 Å². The lowest BCUT2D eigenvalue weighted by molar-refractivity contribution is -0.117. The van der Waals surface area contributed by atoms with Crippen molar-refractivity contribution in [2.45, 2.75) is 30.4 Å². The number of carbonyl (C=O) groups excluding carboxylic acids is 1. The summed E-state index contributed by atoms with van der Waals surface area (Å²) in [6, 6.07) is 13.2. The van der Waals surface area contributed by atoms with Crippen molar-refractivity contribution < 1.29 is 13.2 Å². The average molecular weight is 337 g/mol. The normalized spacial score (nSPS) is 12.9. The first kappa shape index (κ1) is 16.7. The molecule has 0 N–H and O–H groups in total. The van der Waals surface area contributed by atoms with E-state index in [4.69, 9.17) is 11.6 Å². The number of Topliss-reactive ketones (excluding diaryl/α,β-unsaturated/α-hetero) is 1. The minimum absolute atomic E-state index is 0.0577. The zero-order valence-electron chi connectivity index (χ0n) is 12.4. The Morgan fingerprint density at radius 2 is 1.59 bits per heavy atom. The molecule has 3 nitrogen and oxygen atoms in total. The molecule has 0 saturated heterocycles. The summed E-state index contributed by atoms with van der Waals surface area (Å²) in [5.41, 5.74) is 1.55. The highest BCUT2D eigenvalue weighted by molar-refractivity contribution is 7.91. The first-order valence-electron chi connectivity index (χ1n) is 6.86. The van der Waals surface area contributed by atoms with Crippen LogP contribution in [0.15, 0.2) is 53.4 Å². The molecule has 0 heterocycles. The Bertz CT molecular complexity index is 763. The molecule has 0 fully saturated rings. The van der Waals surface area contributed by atoms with Gasteiger partial charge in [0.05, 0.1) is 10.1 Å². The van der Waals surface area contributed by atoms with Crippen LogP contribution in [-0.2, 0) is 14.6 Å². The number of sulfone groups is 1. The predicted octanol–water partition coefficient (Wildman–Crippen LogP) is 4.14. The number of rotatable bonds is 5. The van der Waals surface area contributed by atoms with Crippen LogP contribution < -0.4 is 0 Å². The molecule has 2 rings (SSSR count). The van der Waals surface area contributed by atoms with Crippen LogP contribution in [-0.4, -0.2) is 14.2 Å². The molecule has 1 unspecified atom stereocenters. The Morgan fingerprint density at radius 1 is 1.05 bits per heavy atom. The van der Waals surface area contributed by atoms with Gasteiger partial charge in [-0.1, -0.05) is 41.4 Å². The minimum Gasteiger partial charge on any atom is -0.300 e. The van der Waals surface area contributed by atoms with Gasteiger partial charge >= 0.3 is 0 Å². The number of ketones is 1. The zero-order chi connectivity index (χ0) is 16.3. The predicted molar refractivity (Wildman–Crippen MR) is 87.9 cm³/mol. The molecule has 116 valence electrons. The lowest BCUT2D eigenvalue weighted by atomic mass is 10.1. The van der Waals surface area contributed by atoms with Crippen molar-refractivity contribution >= 4 is 27.2 Å². The van der Waals surface area contributed by atoms with E-state index in [2.05, 4.69) is 0 Å². The molecule has 0 radical (unpaired) electrons. The zero-order valence-corrected chi connectivity index (χ0v) is 14.0. The van der Waals surface area contributed by atoms with Crippen molar-refractivity contribution in [1.82, 2.24) is 0 Å². The molecule has 0 saturated carbocycles. The van der Waals surface area contributed by atoms with Crippen LogP contribution in [0.1, 0.15) is 29.7 Å². The van der Waals surface area contributed by atoms with E-state index in [1.807, 2.05) is 6.92 Å². The average Bonchev–Trinajstić information content (AvgIpc) is 2.46. The van der Waals surface area contributed by atoms with Crippen molar-refractivity contribution in [2.24, 2.45) is 0 Å². The van der Waals surface area contributed by atoms with E-state index in [9.17, 15) is 13.2 Å². The maximum Gasteiger partial charge on any atom is 0.185 e. The molecule has 2 aromatic rings. The van der Waals surface area contributed by atoms with Gasteiger partial charge in [-0.15, -0.1) is 0 Å². The molecule has 0 aliphatic heterocycles. The maximum absolute atomic E-state index is 12.9. The lowest BCUT2D eigenvalue weighted by Gasteiger charge is -2.17. The topological polar surface area (TPSA) is 51.2 Å². The van der Waals surface area contributed by atoms with E-state index in [0.717, 1.165) is 5.56 Å². The fourth-order valence-electron chi connectivity index (χ4n) is 2.24. The highest BCUT2D eigenvalue weighted by Gasteiger charge is 2.30. The molecule has 0 aromatic heterocycles. The molecular formula is C17H17ClO3S. The third-order valence-corrected chi connectivity index (χ3v) is 5.81. The number of halogens is 1. The summed E-state index contributed by atoms with van der Waals surface area (Å²) < 4.78 is 25.8. The SMILES string of the molecule is CC(=O)CC(c1ccc(Cl)cc1)S(=O)(=O)c1ccc(C)cc1. The number of aryl methyl sites for hydroxylation is 1. The Kier molecular flexibility index (Phi) is 5.04. The molecule has 0 aliphatic rings. The van der Waals surface area contributed by atoms with Gasteiger partial charge < -0.3 is 0 Å². The molecule has 1 atom stereocenters. The van der Waals surface area contributed by atoms with Crippen LogP contribution in [0, 0.1) is 6.92 Å². The number of hydrogen-bond acceptors (Lipinski definition) is 3. The molecule has 0 amide bonds. The molecule has 0 aliphatic carbocycles. The van der Waals surface area contributed by atoms with Crippen LogP contribution in [0.2, 0.25) is 5.02 Å². The highest BCUT2D eigenvalue weighted by Crippen LogP contribution is 2.32. The number of benzene rings is 2. The smallest absolute Gasteiger partial charge is 0.185 e. The number of hydrogen-bond donors (Lipinski definition) is 0. The largest absolute Gasteiger partial charge is 0.300 e. The molecule has 0 bridgehead atoms. The van der Waals surface area contributed by atoms with E-state index in [0.29, 0.717) is 10.6 Å².